The SMILES string of the molecule is COCCOc1cc2ccc(CP(=O)(O)O)c3ccc4cccc1c4c23. The van der Waals surface area contributed by atoms with Gasteiger partial charge in [0.25, 0.3) is 0 Å². The second kappa shape index (κ2) is 6.53. The number of methoxy groups -OCH3 is 1. The molecule has 0 aromatic heterocycles. The fourth-order valence-corrected chi connectivity index (χ4v) is 4.29. The highest BCUT2D eigenvalue weighted by Crippen LogP contribution is 2.45. The van der Waals surface area contributed by atoms with Crippen LogP contribution in [0, 0.1) is 0 Å². The van der Waals surface area contributed by atoms with Crippen LogP contribution in [0.25, 0.3) is 32.3 Å². The van der Waals surface area contributed by atoms with Crippen molar-refractivity contribution in [1.29, 1.82) is 0 Å². The fourth-order valence-electron chi connectivity index (χ4n) is 3.57. The highest BCUT2D eigenvalue weighted by atomic mass is 31.2. The Balaban J connectivity index is 2.00. The normalized spacial score (nSPS) is 12.4. The van der Waals surface area contributed by atoms with E-state index in [-0.39, 0.29) is 6.16 Å². The number of hydrogen-bond acceptors (Lipinski definition) is 3. The van der Waals surface area contributed by atoms with Crippen molar-refractivity contribution >= 4 is 39.9 Å². The molecule has 4 aromatic rings. The Morgan fingerprint density at radius 3 is 2.46 bits per heavy atom. The van der Waals surface area contributed by atoms with Crippen LogP contribution in [0.3, 0.4) is 0 Å². The quantitative estimate of drug-likeness (QED) is 0.301. The van der Waals surface area contributed by atoms with Gasteiger partial charge in [0.15, 0.2) is 0 Å². The van der Waals surface area contributed by atoms with Crippen molar-refractivity contribution < 1.29 is 23.8 Å². The highest BCUT2D eigenvalue weighted by Gasteiger charge is 2.19. The van der Waals surface area contributed by atoms with Gasteiger partial charge in [-0.15, -0.1) is 0 Å². The number of benzene rings is 4. The zero-order valence-corrected chi connectivity index (χ0v) is 15.2. The monoisotopic (exact) mass is 370 g/mol. The zero-order chi connectivity index (χ0) is 18.3. The van der Waals surface area contributed by atoms with Crippen LogP contribution in [0.2, 0.25) is 0 Å². The van der Waals surface area contributed by atoms with Crippen LogP contribution in [0.1, 0.15) is 5.56 Å². The summed E-state index contributed by atoms with van der Waals surface area (Å²) in [5, 5.41) is 6.00. The van der Waals surface area contributed by atoms with E-state index in [1.165, 1.54) is 0 Å². The molecule has 0 spiro atoms. The first-order valence-corrected chi connectivity index (χ1v) is 10.1. The molecule has 4 rings (SSSR count). The van der Waals surface area contributed by atoms with Crippen molar-refractivity contribution in [2.45, 2.75) is 6.16 Å². The van der Waals surface area contributed by atoms with Gasteiger partial charge in [-0.05, 0) is 33.2 Å². The zero-order valence-electron chi connectivity index (χ0n) is 14.3. The molecule has 5 nitrogen and oxygen atoms in total. The Bertz CT molecular complexity index is 1130. The summed E-state index contributed by atoms with van der Waals surface area (Å²) in [4.78, 5) is 18.8. The van der Waals surface area contributed by atoms with Crippen molar-refractivity contribution in [3.05, 3.63) is 54.1 Å². The lowest BCUT2D eigenvalue weighted by Gasteiger charge is -2.17. The smallest absolute Gasteiger partial charge is 0.329 e. The van der Waals surface area contributed by atoms with Crippen LogP contribution in [0.4, 0.5) is 0 Å². The highest BCUT2D eigenvalue weighted by molar-refractivity contribution is 7.50. The molecule has 0 aliphatic rings. The average Bonchev–Trinajstić information content (AvgIpc) is 2.60. The van der Waals surface area contributed by atoms with Gasteiger partial charge in [0, 0.05) is 17.9 Å². The van der Waals surface area contributed by atoms with Crippen molar-refractivity contribution in [2.75, 3.05) is 20.3 Å². The van der Waals surface area contributed by atoms with Crippen LogP contribution in [-0.2, 0) is 15.5 Å². The van der Waals surface area contributed by atoms with Gasteiger partial charge in [-0.2, -0.15) is 0 Å². The second-order valence-electron chi connectivity index (χ2n) is 6.38. The molecule has 0 heterocycles. The third-order valence-corrected chi connectivity index (χ3v) is 5.37. The lowest BCUT2D eigenvalue weighted by molar-refractivity contribution is 0.147. The van der Waals surface area contributed by atoms with Crippen molar-refractivity contribution in [3.63, 3.8) is 0 Å². The van der Waals surface area contributed by atoms with Crippen molar-refractivity contribution in [1.82, 2.24) is 0 Å². The Labute approximate surface area is 150 Å². The van der Waals surface area contributed by atoms with Gasteiger partial charge < -0.3 is 19.3 Å². The maximum absolute atomic E-state index is 11.5. The van der Waals surface area contributed by atoms with E-state index < -0.39 is 7.60 Å². The fraction of sp³-hybridized carbons (Fsp3) is 0.200. The largest absolute Gasteiger partial charge is 0.491 e. The summed E-state index contributed by atoms with van der Waals surface area (Å²) in [6, 6.07) is 15.7. The van der Waals surface area contributed by atoms with Gasteiger partial charge >= 0.3 is 7.60 Å². The van der Waals surface area contributed by atoms with Crippen molar-refractivity contribution in [3.8, 4) is 5.75 Å². The molecule has 0 aliphatic carbocycles. The molecular formula is C20H19O5P. The maximum Gasteiger partial charge on any atom is 0.329 e. The number of ether oxygens (including phenoxy) is 2. The first kappa shape index (κ1) is 17.3. The van der Waals surface area contributed by atoms with Crippen LogP contribution >= 0.6 is 7.60 Å². The first-order chi connectivity index (χ1) is 12.5. The molecule has 26 heavy (non-hydrogen) atoms. The Hall–Kier alpha value is -2.17. The molecule has 0 unspecified atom stereocenters. The minimum absolute atomic E-state index is 0.266. The number of rotatable bonds is 6. The lowest BCUT2D eigenvalue weighted by Crippen LogP contribution is -2.04. The molecule has 0 saturated carbocycles. The van der Waals surface area contributed by atoms with Gasteiger partial charge in [-0.25, -0.2) is 0 Å². The third kappa shape index (κ3) is 3.04. The Kier molecular flexibility index (Phi) is 4.33. The molecule has 134 valence electrons. The molecule has 2 N–H and O–H groups in total. The van der Waals surface area contributed by atoms with Crippen molar-refractivity contribution in [2.24, 2.45) is 0 Å². The molecule has 0 amide bonds. The molecule has 0 radical (unpaired) electrons. The second-order valence-corrected chi connectivity index (χ2v) is 8.02. The summed E-state index contributed by atoms with van der Waals surface area (Å²) in [5.41, 5.74) is 0.658. The van der Waals surface area contributed by atoms with Gasteiger partial charge in [0.2, 0.25) is 0 Å². The van der Waals surface area contributed by atoms with E-state index in [0.29, 0.717) is 18.8 Å². The first-order valence-electron chi connectivity index (χ1n) is 8.33. The van der Waals surface area contributed by atoms with Gasteiger partial charge in [0.05, 0.1) is 12.8 Å². The van der Waals surface area contributed by atoms with Crippen LogP contribution in [0.15, 0.2) is 48.5 Å². The van der Waals surface area contributed by atoms with E-state index in [9.17, 15) is 14.4 Å². The molecule has 4 aromatic carbocycles. The van der Waals surface area contributed by atoms with Gasteiger partial charge in [-0.1, -0.05) is 42.5 Å². The van der Waals surface area contributed by atoms with E-state index in [0.717, 1.165) is 38.1 Å². The van der Waals surface area contributed by atoms with Crippen LogP contribution in [0.5, 0.6) is 5.75 Å². The lowest BCUT2D eigenvalue weighted by atomic mass is 9.92. The predicted octanol–water partition coefficient (Wildman–Crippen LogP) is 4.29. The minimum Gasteiger partial charge on any atom is -0.491 e. The summed E-state index contributed by atoms with van der Waals surface area (Å²) in [6.45, 7) is 0.964. The standard InChI is InChI=1S/C20H19O5P/c1-24-9-10-25-18-11-14-5-6-15(12-26(21,22)23)16-8-7-13-3-2-4-17(18)19(13)20(14)16/h2-8,11H,9-10,12H2,1H3,(H2,21,22,23). The summed E-state index contributed by atoms with van der Waals surface area (Å²) in [6.07, 6.45) is -0.266. The van der Waals surface area contributed by atoms with Gasteiger partial charge in [-0.3, -0.25) is 4.57 Å². The number of hydrogen-bond donors (Lipinski definition) is 2. The molecule has 0 atom stereocenters. The summed E-state index contributed by atoms with van der Waals surface area (Å²) in [7, 11) is -2.51. The molecule has 0 saturated heterocycles. The topological polar surface area (TPSA) is 76.0 Å². The van der Waals surface area contributed by atoms with Crippen LogP contribution < -0.4 is 4.74 Å². The van der Waals surface area contributed by atoms with E-state index in [1.807, 2.05) is 42.5 Å². The Morgan fingerprint density at radius 2 is 1.69 bits per heavy atom. The molecular weight excluding hydrogens is 351 g/mol. The summed E-state index contributed by atoms with van der Waals surface area (Å²) in [5.74, 6) is 0.787. The average molecular weight is 370 g/mol. The summed E-state index contributed by atoms with van der Waals surface area (Å²) >= 11 is 0. The summed E-state index contributed by atoms with van der Waals surface area (Å²) < 4.78 is 22.5. The molecule has 6 heteroatoms. The van der Waals surface area contributed by atoms with Crippen LogP contribution in [-0.4, -0.2) is 30.1 Å². The third-order valence-electron chi connectivity index (χ3n) is 4.62. The van der Waals surface area contributed by atoms with E-state index >= 15 is 0 Å². The molecule has 0 aliphatic heterocycles. The van der Waals surface area contributed by atoms with Gasteiger partial charge in [0.1, 0.15) is 12.4 Å². The maximum atomic E-state index is 11.5. The van der Waals surface area contributed by atoms with E-state index in [1.54, 1.807) is 13.2 Å². The van der Waals surface area contributed by atoms with E-state index in [4.69, 9.17) is 9.47 Å². The minimum atomic E-state index is -4.15. The van der Waals surface area contributed by atoms with E-state index in [2.05, 4.69) is 0 Å². The molecule has 0 bridgehead atoms. The molecule has 0 fully saturated rings. The predicted molar refractivity (Wildman–Crippen MR) is 103 cm³/mol. The Morgan fingerprint density at radius 1 is 0.923 bits per heavy atom.